The molecule has 0 aliphatic carbocycles. The molecule has 1 amide bonds. The molecule has 1 aliphatic heterocycles. The zero-order valence-electron chi connectivity index (χ0n) is 14.5. The predicted octanol–water partition coefficient (Wildman–Crippen LogP) is 2.48. The Labute approximate surface area is 151 Å². The van der Waals surface area contributed by atoms with E-state index in [0.717, 1.165) is 41.9 Å². The van der Waals surface area contributed by atoms with Crippen LogP contribution in [0.25, 0.3) is 11.1 Å². The summed E-state index contributed by atoms with van der Waals surface area (Å²) in [5.74, 6) is 0.0878. The molecule has 2 aromatic heterocycles. The van der Waals surface area contributed by atoms with Crippen molar-refractivity contribution in [3.63, 3.8) is 0 Å². The van der Waals surface area contributed by atoms with Gasteiger partial charge < -0.3 is 10.2 Å². The van der Waals surface area contributed by atoms with E-state index in [4.69, 9.17) is 0 Å². The van der Waals surface area contributed by atoms with Gasteiger partial charge in [-0.25, -0.2) is 9.97 Å². The fraction of sp³-hybridized carbons (Fsp3) is 0.263. The maximum Gasteiger partial charge on any atom is 0.249 e. The van der Waals surface area contributed by atoms with E-state index in [2.05, 4.69) is 20.4 Å². The molecular weight excluding hydrogens is 328 g/mol. The van der Waals surface area contributed by atoms with E-state index in [1.54, 1.807) is 23.3 Å². The number of hydrogen-bond acceptors (Lipinski definition) is 5. The van der Waals surface area contributed by atoms with E-state index < -0.39 is 0 Å². The molecule has 1 aromatic carbocycles. The lowest BCUT2D eigenvalue weighted by Gasteiger charge is -2.32. The third-order valence-corrected chi connectivity index (χ3v) is 4.56. The molecule has 4 rings (SSSR count). The maximum absolute atomic E-state index is 12.8. The predicted molar refractivity (Wildman–Crippen MR) is 99.7 cm³/mol. The summed E-state index contributed by atoms with van der Waals surface area (Å²) in [7, 11) is 1.85. The van der Waals surface area contributed by atoms with Crippen LogP contribution in [0.5, 0.6) is 0 Å². The van der Waals surface area contributed by atoms with Crippen molar-refractivity contribution in [1.82, 2.24) is 19.7 Å². The standard InChI is InChI=1S/C19H20N6O/c1-24-12-17(11-22-24)25-8-2-3-18(19(25)26)23-16-6-4-14(5-7-16)15-9-20-13-21-10-15/h4-7,9-13,18,23H,2-3,8H2,1H3. The lowest BCUT2D eigenvalue weighted by Crippen LogP contribution is -2.47. The van der Waals surface area contributed by atoms with Crippen LogP contribution in [0.2, 0.25) is 0 Å². The lowest BCUT2D eigenvalue weighted by atomic mass is 10.0. The molecule has 7 nitrogen and oxygen atoms in total. The molecule has 1 fully saturated rings. The van der Waals surface area contributed by atoms with Crippen molar-refractivity contribution < 1.29 is 4.79 Å². The van der Waals surface area contributed by atoms with Crippen LogP contribution < -0.4 is 10.2 Å². The Morgan fingerprint density at radius 1 is 1.08 bits per heavy atom. The van der Waals surface area contributed by atoms with Gasteiger partial charge in [-0.1, -0.05) is 12.1 Å². The molecule has 26 heavy (non-hydrogen) atoms. The van der Waals surface area contributed by atoms with Crippen molar-refractivity contribution in [2.75, 3.05) is 16.8 Å². The van der Waals surface area contributed by atoms with Crippen LogP contribution in [-0.2, 0) is 11.8 Å². The summed E-state index contributed by atoms with van der Waals surface area (Å²) in [6.45, 7) is 0.732. The van der Waals surface area contributed by atoms with Gasteiger partial charge in [-0.15, -0.1) is 0 Å². The highest BCUT2D eigenvalue weighted by molar-refractivity contribution is 5.99. The number of piperidine rings is 1. The third kappa shape index (κ3) is 3.28. The molecule has 1 N–H and O–H groups in total. The summed E-state index contributed by atoms with van der Waals surface area (Å²) in [5.41, 5.74) is 3.79. The first-order valence-corrected chi connectivity index (χ1v) is 8.63. The number of amides is 1. The van der Waals surface area contributed by atoms with Crippen LogP contribution in [-0.4, -0.2) is 38.2 Å². The summed E-state index contributed by atoms with van der Waals surface area (Å²) >= 11 is 0. The quantitative estimate of drug-likeness (QED) is 0.784. The van der Waals surface area contributed by atoms with Crippen LogP contribution in [0.15, 0.2) is 55.4 Å². The minimum atomic E-state index is -0.227. The summed E-state index contributed by atoms with van der Waals surface area (Å²) in [6, 6.07) is 7.76. The lowest BCUT2D eigenvalue weighted by molar-refractivity contribution is -0.120. The minimum Gasteiger partial charge on any atom is -0.374 e. The van der Waals surface area contributed by atoms with Gasteiger partial charge in [-0.2, -0.15) is 5.10 Å². The highest BCUT2D eigenvalue weighted by atomic mass is 16.2. The maximum atomic E-state index is 12.8. The average Bonchev–Trinajstić information content (AvgIpc) is 3.11. The highest BCUT2D eigenvalue weighted by Crippen LogP contribution is 2.24. The number of carbonyl (C=O) groups is 1. The van der Waals surface area contributed by atoms with Gasteiger partial charge in [0, 0.05) is 43.4 Å². The van der Waals surface area contributed by atoms with E-state index in [1.807, 2.05) is 42.4 Å². The van der Waals surface area contributed by atoms with Crippen LogP contribution >= 0.6 is 0 Å². The molecule has 7 heteroatoms. The molecule has 1 atom stereocenters. The Balaban J connectivity index is 1.47. The van der Waals surface area contributed by atoms with Gasteiger partial charge in [0.25, 0.3) is 0 Å². The van der Waals surface area contributed by atoms with Crippen LogP contribution in [0, 0.1) is 0 Å². The van der Waals surface area contributed by atoms with Gasteiger partial charge >= 0.3 is 0 Å². The Bertz CT molecular complexity index is 890. The zero-order valence-corrected chi connectivity index (χ0v) is 14.5. The Kier molecular flexibility index (Phi) is 4.35. The van der Waals surface area contributed by atoms with Crippen LogP contribution in [0.4, 0.5) is 11.4 Å². The SMILES string of the molecule is Cn1cc(N2CCCC(Nc3ccc(-c4cncnc4)cc3)C2=O)cn1. The van der Waals surface area contributed by atoms with Gasteiger partial charge in [-0.05, 0) is 30.5 Å². The number of anilines is 2. The molecule has 1 aliphatic rings. The van der Waals surface area contributed by atoms with Gasteiger partial charge in [-0.3, -0.25) is 9.48 Å². The molecule has 3 heterocycles. The van der Waals surface area contributed by atoms with Crippen molar-refractivity contribution in [3.05, 3.63) is 55.4 Å². The second kappa shape index (κ2) is 6.95. The first-order valence-electron chi connectivity index (χ1n) is 8.63. The van der Waals surface area contributed by atoms with E-state index in [9.17, 15) is 4.79 Å². The summed E-state index contributed by atoms with van der Waals surface area (Å²) in [6.07, 6.45) is 10.5. The smallest absolute Gasteiger partial charge is 0.249 e. The second-order valence-electron chi connectivity index (χ2n) is 6.41. The molecular formula is C19H20N6O. The van der Waals surface area contributed by atoms with Gasteiger partial charge in [0.2, 0.25) is 5.91 Å². The monoisotopic (exact) mass is 348 g/mol. The molecule has 0 radical (unpaired) electrons. The first kappa shape index (κ1) is 16.3. The normalized spacial score (nSPS) is 17.3. The highest BCUT2D eigenvalue weighted by Gasteiger charge is 2.30. The van der Waals surface area contributed by atoms with Gasteiger partial charge in [0.1, 0.15) is 12.4 Å². The Morgan fingerprint density at radius 2 is 1.85 bits per heavy atom. The fourth-order valence-electron chi connectivity index (χ4n) is 3.22. The number of rotatable bonds is 4. The molecule has 1 unspecified atom stereocenters. The van der Waals surface area contributed by atoms with Crippen molar-refractivity contribution in [3.8, 4) is 11.1 Å². The first-order chi connectivity index (χ1) is 12.7. The molecule has 0 bridgehead atoms. The van der Waals surface area contributed by atoms with E-state index in [1.165, 1.54) is 6.33 Å². The van der Waals surface area contributed by atoms with Crippen molar-refractivity contribution in [1.29, 1.82) is 0 Å². The number of aryl methyl sites for hydroxylation is 1. The Hall–Kier alpha value is -3.22. The number of nitrogens with one attached hydrogen (secondary N) is 1. The second-order valence-corrected chi connectivity index (χ2v) is 6.41. The van der Waals surface area contributed by atoms with Crippen molar-refractivity contribution in [2.24, 2.45) is 7.05 Å². The Morgan fingerprint density at radius 3 is 2.54 bits per heavy atom. The molecule has 1 saturated heterocycles. The topological polar surface area (TPSA) is 75.9 Å². The average molecular weight is 348 g/mol. The van der Waals surface area contributed by atoms with Crippen molar-refractivity contribution >= 4 is 17.3 Å². The largest absolute Gasteiger partial charge is 0.374 e. The third-order valence-electron chi connectivity index (χ3n) is 4.56. The molecule has 3 aromatic rings. The fourth-order valence-corrected chi connectivity index (χ4v) is 3.22. The summed E-state index contributed by atoms with van der Waals surface area (Å²) < 4.78 is 1.71. The molecule has 0 spiro atoms. The van der Waals surface area contributed by atoms with E-state index in [0.29, 0.717) is 0 Å². The summed E-state index contributed by atoms with van der Waals surface area (Å²) in [4.78, 5) is 22.7. The zero-order chi connectivity index (χ0) is 17.9. The van der Waals surface area contributed by atoms with E-state index >= 15 is 0 Å². The van der Waals surface area contributed by atoms with Crippen molar-refractivity contribution in [2.45, 2.75) is 18.9 Å². The number of aromatic nitrogens is 4. The number of benzene rings is 1. The van der Waals surface area contributed by atoms with Crippen LogP contribution in [0.1, 0.15) is 12.8 Å². The molecule has 0 saturated carbocycles. The van der Waals surface area contributed by atoms with Gasteiger partial charge in [0.05, 0.1) is 11.9 Å². The van der Waals surface area contributed by atoms with E-state index in [-0.39, 0.29) is 11.9 Å². The number of carbonyl (C=O) groups excluding carboxylic acids is 1. The number of nitrogens with zero attached hydrogens (tertiary/aromatic N) is 5. The van der Waals surface area contributed by atoms with Crippen LogP contribution in [0.3, 0.4) is 0 Å². The van der Waals surface area contributed by atoms with Gasteiger partial charge in [0.15, 0.2) is 0 Å². The molecule has 132 valence electrons. The summed E-state index contributed by atoms with van der Waals surface area (Å²) in [5, 5.41) is 7.53. The minimum absolute atomic E-state index is 0.0878. The number of hydrogen-bond donors (Lipinski definition) is 1.